The van der Waals surface area contributed by atoms with E-state index in [2.05, 4.69) is 203 Å². The molecule has 2 heterocycles. The van der Waals surface area contributed by atoms with Gasteiger partial charge in [0.1, 0.15) is 22.3 Å². The summed E-state index contributed by atoms with van der Waals surface area (Å²) in [6.45, 7) is 27.4. The van der Waals surface area contributed by atoms with Gasteiger partial charge in [0.05, 0.1) is 45.0 Å². The van der Waals surface area contributed by atoms with E-state index in [1.807, 2.05) is 0 Å². The summed E-state index contributed by atoms with van der Waals surface area (Å²) in [4.78, 5) is 0. The molecule has 0 aromatic heterocycles. The smallest absolute Gasteiger partial charge is 0.141 e. The molecular weight excluding hydrogens is 629 g/mol. The van der Waals surface area contributed by atoms with E-state index in [9.17, 15) is 0 Å². The molecule has 52 heavy (non-hydrogen) atoms. The monoisotopic (exact) mass is 682 g/mol. The summed E-state index contributed by atoms with van der Waals surface area (Å²) in [6.07, 6.45) is 7.88. The predicted molar refractivity (Wildman–Crippen MR) is 223 cm³/mol. The van der Waals surface area contributed by atoms with Crippen LogP contribution in [-0.2, 0) is 21.7 Å². The summed E-state index contributed by atoms with van der Waals surface area (Å²) < 4.78 is 0. The van der Waals surface area contributed by atoms with Crippen molar-refractivity contribution in [3.05, 3.63) is 165 Å². The molecule has 0 spiro atoms. The number of fused-ring (bicyclic) bond motifs is 4. The van der Waals surface area contributed by atoms with E-state index >= 15 is 0 Å². The van der Waals surface area contributed by atoms with Crippen LogP contribution in [0.15, 0.2) is 97.1 Å². The van der Waals surface area contributed by atoms with Crippen LogP contribution in [0.25, 0.3) is 11.1 Å². The predicted octanol–water partition coefficient (Wildman–Crippen LogP) is 13.6. The van der Waals surface area contributed by atoms with E-state index in [1.54, 1.807) is 0 Å². The highest BCUT2D eigenvalue weighted by Gasteiger charge is 2.32. The number of nitrogens with one attached hydrogen (secondary N) is 2. The molecule has 0 saturated heterocycles. The SMILES string of the molecule is CC(C)(C)c1ccc2c(c1)C(=[C+]c1cccc([C+]=C3c4cc(C(C)(C)C)ccc4Nc4ccc(C(C)(C)C)cc43)c1)c1cc(C(C)(C)C)ccc1N2. The Balaban J connectivity index is 1.42. The maximum Gasteiger partial charge on any atom is 0.141 e. The number of anilines is 4. The van der Waals surface area contributed by atoms with Crippen molar-refractivity contribution in [2.24, 2.45) is 0 Å². The van der Waals surface area contributed by atoms with Gasteiger partial charge >= 0.3 is 0 Å². The summed E-state index contributed by atoms with van der Waals surface area (Å²) in [5.41, 5.74) is 18.8. The van der Waals surface area contributed by atoms with Crippen LogP contribution >= 0.6 is 0 Å². The van der Waals surface area contributed by atoms with Crippen LogP contribution in [0.3, 0.4) is 0 Å². The first-order valence-electron chi connectivity index (χ1n) is 18.8. The molecule has 0 unspecified atom stereocenters. The van der Waals surface area contributed by atoms with Crippen LogP contribution in [0.2, 0.25) is 0 Å². The Morgan fingerprint density at radius 1 is 0.346 bits per heavy atom. The van der Waals surface area contributed by atoms with Crippen molar-refractivity contribution < 1.29 is 0 Å². The number of rotatable bonds is 2. The zero-order valence-electron chi connectivity index (χ0n) is 33.2. The fraction of sp³-hybridized carbons (Fsp3) is 0.320. The maximum absolute atomic E-state index is 3.94. The lowest BCUT2D eigenvalue weighted by Crippen LogP contribution is -2.15. The lowest BCUT2D eigenvalue weighted by atomic mass is 9.80. The third-order valence-electron chi connectivity index (χ3n) is 10.6. The van der Waals surface area contributed by atoms with Gasteiger partial charge in [0, 0.05) is 36.4 Å². The highest BCUT2D eigenvalue weighted by atomic mass is 14.9. The van der Waals surface area contributed by atoms with Gasteiger partial charge < -0.3 is 10.6 Å². The second-order valence-electron chi connectivity index (χ2n) is 18.9. The molecule has 2 N–H and O–H groups in total. The number of benzene rings is 5. The molecule has 2 aliphatic heterocycles. The van der Waals surface area contributed by atoms with Crippen molar-refractivity contribution in [1.82, 2.24) is 0 Å². The van der Waals surface area contributed by atoms with Crippen LogP contribution in [-0.4, -0.2) is 0 Å². The van der Waals surface area contributed by atoms with E-state index in [1.165, 1.54) is 44.5 Å². The largest absolute Gasteiger partial charge is 0.341 e. The Kier molecular flexibility index (Phi) is 8.38. The molecule has 0 bridgehead atoms. The maximum atomic E-state index is 3.94. The van der Waals surface area contributed by atoms with E-state index in [0.29, 0.717) is 0 Å². The third kappa shape index (κ3) is 6.82. The molecule has 2 aliphatic rings. The molecule has 0 saturated carbocycles. The summed E-state index contributed by atoms with van der Waals surface area (Å²) in [5.74, 6) is 0. The van der Waals surface area contributed by atoms with Crippen LogP contribution < -0.4 is 10.6 Å². The van der Waals surface area contributed by atoms with Crippen molar-refractivity contribution in [2.75, 3.05) is 10.6 Å². The van der Waals surface area contributed by atoms with Crippen LogP contribution in [0, 0.1) is 12.2 Å². The van der Waals surface area contributed by atoms with Gasteiger partial charge in [-0.1, -0.05) is 107 Å². The van der Waals surface area contributed by atoms with Crippen LogP contribution in [0.5, 0.6) is 0 Å². The molecule has 5 aromatic rings. The minimum Gasteiger partial charge on any atom is -0.341 e. The quantitative estimate of drug-likeness (QED) is 0.177. The van der Waals surface area contributed by atoms with Gasteiger partial charge in [-0.2, -0.15) is 0 Å². The molecule has 2 nitrogen and oxygen atoms in total. The fourth-order valence-corrected chi connectivity index (χ4v) is 7.12. The zero-order valence-corrected chi connectivity index (χ0v) is 33.2. The first-order chi connectivity index (χ1) is 24.3. The van der Waals surface area contributed by atoms with Gasteiger partial charge in [-0.15, -0.1) is 0 Å². The molecule has 7 rings (SSSR count). The fourth-order valence-electron chi connectivity index (χ4n) is 7.12. The number of hydrogen-bond donors (Lipinski definition) is 2. The Hall–Kier alpha value is -5.00. The molecule has 0 radical (unpaired) electrons. The lowest BCUT2D eigenvalue weighted by Gasteiger charge is -2.26. The molecule has 262 valence electrons. The topological polar surface area (TPSA) is 24.1 Å². The van der Waals surface area contributed by atoms with Gasteiger partial charge in [-0.05, 0) is 92.4 Å². The normalized spacial score (nSPS) is 13.8. The second-order valence-corrected chi connectivity index (χ2v) is 18.9. The lowest BCUT2D eigenvalue weighted by molar-refractivity contribution is 0.589. The summed E-state index contributed by atoms with van der Waals surface area (Å²) in [6, 6.07) is 36.1. The third-order valence-corrected chi connectivity index (χ3v) is 10.6. The van der Waals surface area contributed by atoms with E-state index in [0.717, 1.165) is 45.0 Å². The molecule has 0 fully saturated rings. The summed E-state index contributed by atoms with van der Waals surface area (Å²) >= 11 is 0. The van der Waals surface area contributed by atoms with Crippen molar-refractivity contribution in [2.45, 2.75) is 105 Å². The van der Waals surface area contributed by atoms with Gasteiger partial charge in [-0.25, -0.2) is 0 Å². The number of hydrogen-bond acceptors (Lipinski definition) is 2. The highest BCUT2D eigenvalue weighted by Crippen LogP contribution is 2.46. The standard InChI is InChI=1S/C50H54N2/c1-47(2,3)33-16-20-43-39(27-33)37(40-28-34(48(4,5)6)17-21-44(40)51-43)25-31-14-13-15-32(24-31)26-38-41-29-35(49(7,8)9)18-22-45(41)52-46-23-19-36(30-42(38)46)50(10,11)12/h13-24,27-30,51-52H,1-12H3/q+2. The Morgan fingerprint density at radius 3 is 0.865 bits per heavy atom. The molecule has 0 atom stereocenters. The summed E-state index contributed by atoms with van der Waals surface area (Å²) in [5, 5.41) is 7.49. The average molecular weight is 683 g/mol. The van der Waals surface area contributed by atoms with Crippen LogP contribution in [0.4, 0.5) is 22.7 Å². The zero-order chi connectivity index (χ0) is 37.4. The minimum atomic E-state index is 0.0237. The minimum absolute atomic E-state index is 0.0237. The Morgan fingerprint density at radius 2 is 0.615 bits per heavy atom. The van der Waals surface area contributed by atoms with Crippen LogP contribution in [0.1, 0.15) is 139 Å². The second kappa shape index (κ2) is 12.3. The molecule has 0 amide bonds. The first kappa shape index (κ1) is 35.4. The molecule has 2 heteroatoms. The van der Waals surface area contributed by atoms with Crippen molar-refractivity contribution in [3.8, 4) is 0 Å². The van der Waals surface area contributed by atoms with Gasteiger partial charge in [-0.3, -0.25) is 0 Å². The average Bonchev–Trinajstić information content (AvgIpc) is 3.05. The van der Waals surface area contributed by atoms with Gasteiger partial charge in [0.25, 0.3) is 0 Å². The first-order valence-corrected chi connectivity index (χ1v) is 18.8. The van der Waals surface area contributed by atoms with Crippen molar-refractivity contribution in [1.29, 1.82) is 0 Å². The van der Waals surface area contributed by atoms with Crippen molar-refractivity contribution in [3.63, 3.8) is 0 Å². The molecule has 5 aromatic carbocycles. The van der Waals surface area contributed by atoms with Crippen molar-refractivity contribution >= 4 is 33.9 Å². The molecular formula is C50H54N2+2. The Labute approximate surface area is 313 Å². The highest BCUT2D eigenvalue weighted by molar-refractivity contribution is 5.98. The Bertz CT molecular complexity index is 1980. The summed E-state index contributed by atoms with van der Waals surface area (Å²) in [7, 11) is 0. The van der Waals surface area contributed by atoms with E-state index < -0.39 is 0 Å². The van der Waals surface area contributed by atoms with E-state index in [4.69, 9.17) is 0 Å². The molecule has 0 aliphatic carbocycles. The van der Waals surface area contributed by atoms with E-state index in [-0.39, 0.29) is 21.7 Å². The van der Waals surface area contributed by atoms with Gasteiger partial charge in [0.15, 0.2) is 0 Å². The van der Waals surface area contributed by atoms with Gasteiger partial charge in [0.2, 0.25) is 0 Å².